The molecule has 0 radical (unpaired) electrons. The van der Waals surface area contributed by atoms with Crippen LogP contribution >= 0.6 is 11.3 Å². The SMILES string of the molecule is Cc1cccc(COCC2CN(Cc3ccc(C)s3)Cc3ccnn32)n1.O=C(O)C(F)(F)F.O=C(O)C(F)(F)F. The van der Waals surface area contributed by atoms with Crippen molar-refractivity contribution in [3.63, 3.8) is 0 Å². The standard InChI is InChI=1S/C20H24N4OS.2C2HF3O2/c1-15-4-3-5-17(22-15)13-25-14-19-11-23(10-18-8-9-21-24(18)19)12-20-7-6-16(2)26-20;2*3-2(4,5)1(6)7/h3-9,19H,10-14H2,1-2H3;2*(H,6,7). The third-order valence-corrected chi connectivity index (χ3v) is 6.10. The Morgan fingerprint density at radius 1 is 1.02 bits per heavy atom. The number of halogens is 6. The fraction of sp³-hybridized carbons (Fsp3) is 0.417. The zero-order chi connectivity index (χ0) is 30.1. The van der Waals surface area contributed by atoms with E-state index in [0.717, 1.165) is 31.0 Å². The Kier molecular flexibility index (Phi) is 11.6. The molecule has 3 aromatic rings. The van der Waals surface area contributed by atoms with Gasteiger partial charge in [-0.05, 0) is 44.2 Å². The molecule has 9 nitrogen and oxygen atoms in total. The molecule has 0 fully saturated rings. The predicted octanol–water partition coefficient (Wildman–Crippen LogP) is 5.00. The molecule has 0 saturated heterocycles. The Morgan fingerprint density at radius 2 is 1.65 bits per heavy atom. The number of carboxylic acid groups (broad SMARTS) is 2. The van der Waals surface area contributed by atoms with Crippen molar-refractivity contribution >= 4 is 23.3 Å². The van der Waals surface area contributed by atoms with Gasteiger partial charge in [0.05, 0.1) is 30.6 Å². The zero-order valence-corrected chi connectivity index (χ0v) is 22.1. The highest BCUT2D eigenvalue weighted by atomic mass is 32.1. The molecule has 0 saturated carbocycles. The summed E-state index contributed by atoms with van der Waals surface area (Å²) in [6.07, 6.45) is -8.27. The fourth-order valence-corrected chi connectivity index (χ4v) is 4.41. The smallest absolute Gasteiger partial charge is 0.475 e. The van der Waals surface area contributed by atoms with E-state index in [1.54, 1.807) is 0 Å². The summed E-state index contributed by atoms with van der Waals surface area (Å²) in [7, 11) is 0. The van der Waals surface area contributed by atoms with Crippen molar-refractivity contribution in [3.05, 3.63) is 69.4 Å². The molecular weight excluding hydrogens is 570 g/mol. The first-order chi connectivity index (χ1) is 18.6. The van der Waals surface area contributed by atoms with Gasteiger partial charge in [-0.25, -0.2) is 9.59 Å². The number of carboxylic acids is 2. The van der Waals surface area contributed by atoms with Crippen molar-refractivity contribution in [1.82, 2.24) is 19.7 Å². The van der Waals surface area contributed by atoms with E-state index < -0.39 is 24.3 Å². The van der Waals surface area contributed by atoms with Crippen LogP contribution in [0, 0.1) is 13.8 Å². The highest BCUT2D eigenvalue weighted by Gasteiger charge is 2.38. The molecule has 1 aliphatic rings. The topological polar surface area (TPSA) is 118 Å². The number of carbonyl (C=O) groups is 2. The minimum Gasteiger partial charge on any atom is -0.475 e. The number of hydrogen-bond donors (Lipinski definition) is 2. The van der Waals surface area contributed by atoms with E-state index in [1.807, 2.05) is 42.7 Å². The summed E-state index contributed by atoms with van der Waals surface area (Å²) in [5.41, 5.74) is 3.26. The number of ether oxygens (including phenoxy) is 1. The molecule has 1 aliphatic heterocycles. The maximum absolute atomic E-state index is 10.6. The van der Waals surface area contributed by atoms with Gasteiger partial charge in [0.1, 0.15) is 0 Å². The highest BCUT2D eigenvalue weighted by molar-refractivity contribution is 7.11. The lowest BCUT2D eigenvalue weighted by atomic mass is 10.2. The number of aryl methyl sites for hydroxylation is 2. The van der Waals surface area contributed by atoms with Crippen molar-refractivity contribution in [3.8, 4) is 0 Å². The summed E-state index contributed by atoms with van der Waals surface area (Å²) >= 11 is 1.88. The molecule has 4 rings (SSSR count). The van der Waals surface area contributed by atoms with Crippen LogP contribution in [0.3, 0.4) is 0 Å². The molecule has 40 heavy (non-hydrogen) atoms. The molecule has 3 aromatic heterocycles. The molecule has 0 bridgehead atoms. The van der Waals surface area contributed by atoms with Gasteiger partial charge >= 0.3 is 24.3 Å². The van der Waals surface area contributed by atoms with Gasteiger partial charge in [0.15, 0.2) is 0 Å². The van der Waals surface area contributed by atoms with Crippen LogP contribution in [0.1, 0.15) is 32.9 Å². The number of fused-ring (bicyclic) bond motifs is 1. The lowest BCUT2D eigenvalue weighted by Crippen LogP contribution is -2.39. The van der Waals surface area contributed by atoms with Gasteiger partial charge in [-0.1, -0.05) is 6.07 Å². The first-order valence-corrected chi connectivity index (χ1v) is 12.3. The lowest BCUT2D eigenvalue weighted by Gasteiger charge is -2.33. The second-order valence-electron chi connectivity index (χ2n) is 8.49. The minimum absolute atomic E-state index is 0.236. The van der Waals surface area contributed by atoms with Crippen molar-refractivity contribution < 1.29 is 50.9 Å². The number of thiophene rings is 1. The zero-order valence-electron chi connectivity index (χ0n) is 21.2. The highest BCUT2D eigenvalue weighted by Crippen LogP contribution is 2.25. The molecule has 0 spiro atoms. The monoisotopic (exact) mass is 596 g/mol. The van der Waals surface area contributed by atoms with Crippen molar-refractivity contribution in [2.24, 2.45) is 0 Å². The summed E-state index contributed by atoms with van der Waals surface area (Å²) in [4.78, 5) is 27.6. The van der Waals surface area contributed by atoms with E-state index >= 15 is 0 Å². The number of nitrogens with zero attached hydrogens (tertiary/aromatic N) is 4. The third-order valence-electron chi connectivity index (χ3n) is 5.12. The second-order valence-corrected chi connectivity index (χ2v) is 9.87. The van der Waals surface area contributed by atoms with Gasteiger partial charge in [0, 0.05) is 41.3 Å². The molecule has 2 N–H and O–H groups in total. The number of alkyl halides is 6. The maximum Gasteiger partial charge on any atom is 0.490 e. The molecule has 0 amide bonds. The summed E-state index contributed by atoms with van der Waals surface area (Å²) < 4.78 is 71.6. The van der Waals surface area contributed by atoms with Crippen LogP contribution in [-0.2, 0) is 34.0 Å². The van der Waals surface area contributed by atoms with E-state index in [1.165, 1.54) is 15.4 Å². The first kappa shape index (κ1) is 32.7. The van der Waals surface area contributed by atoms with Crippen molar-refractivity contribution in [2.45, 2.75) is 51.9 Å². The van der Waals surface area contributed by atoms with Gasteiger partial charge < -0.3 is 14.9 Å². The molecule has 4 heterocycles. The largest absolute Gasteiger partial charge is 0.490 e. The molecule has 16 heteroatoms. The molecule has 220 valence electrons. The van der Waals surface area contributed by atoms with Crippen LogP contribution in [0.2, 0.25) is 0 Å². The average Bonchev–Trinajstić information content (AvgIpc) is 3.47. The van der Waals surface area contributed by atoms with Gasteiger partial charge in [-0.2, -0.15) is 31.4 Å². The summed E-state index contributed by atoms with van der Waals surface area (Å²) in [6.45, 7) is 8.22. The minimum atomic E-state index is -5.08. The van der Waals surface area contributed by atoms with E-state index in [0.29, 0.717) is 13.2 Å². The normalized spacial score (nSPS) is 15.2. The second kappa shape index (κ2) is 14.2. The van der Waals surface area contributed by atoms with Gasteiger partial charge in [0.2, 0.25) is 0 Å². The van der Waals surface area contributed by atoms with Crippen LogP contribution in [0.4, 0.5) is 26.3 Å². The van der Waals surface area contributed by atoms with E-state index in [2.05, 4.69) is 44.8 Å². The number of pyridine rings is 1. The quantitative estimate of drug-likeness (QED) is 0.382. The number of aromatic nitrogens is 3. The van der Waals surface area contributed by atoms with Gasteiger partial charge in [-0.15, -0.1) is 11.3 Å². The summed E-state index contributed by atoms with van der Waals surface area (Å²) in [5.74, 6) is -5.51. The first-order valence-electron chi connectivity index (χ1n) is 11.5. The van der Waals surface area contributed by atoms with Crippen LogP contribution < -0.4 is 0 Å². The Bertz CT molecular complexity index is 1240. The van der Waals surface area contributed by atoms with E-state index in [9.17, 15) is 26.3 Å². The van der Waals surface area contributed by atoms with Crippen LogP contribution in [-0.4, -0.2) is 67.3 Å². The van der Waals surface area contributed by atoms with E-state index in [-0.39, 0.29) is 6.04 Å². The van der Waals surface area contributed by atoms with Crippen LogP contribution in [0.25, 0.3) is 0 Å². The Hall–Kier alpha value is -3.50. The molecule has 1 atom stereocenters. The molecular formula is C24H26F6N4O5S. The Morgan fingerprint density at radius 3 is 2.17 bits per heavy atom. The third kappa shape index (κ3) is 10.9. The lowest BCUT2D eigenvalue weighted by molar-refractivity contribution is -0.193. The van der Waals surface area contributed by atoms with Gasteiger partial charge in [-0.3, -0.25) is 14.6 Å². The fourth-order valence-electron chi connectivity index (χ4n) is 3.48. The maximum atomic E-state index is 10.6. The number of aliphatic carboxylic acids is 2. The average molecular weight is 597 g/mol. The summed E-state index contributed by atoms with van der Waals surface area (Å²) in [5, 5.41) is 18.8. The molecule has 1 unspecified atom stereocenters. The van der Waals surface area contributed by atoms with E-state index in [4.69, 9.17) is 24.5 Å². The number of hydrogen-bond acceptors (Lipinski definition) is 7. The summed E-state index contributed by atoms with van der Waals surface area (Å²) in [6, 6.07) is 12.8. The Balaban J connectivity index is 0.000000333. The van der Waals surface area contributed by atoms with Crippen molar-refractivity contribution in [1.29, 1.82) is 0 Å². The molecule has 0 aliphatic carbocycles. The Labute approximate surface area is 228 Å². The van der Waals surface area contributed by atoms with Crippen LogP contribution in [0.15, 0.2) is 42.6 Å². The molecule has 0 aromatic carbocycles. The number of rotatable bonds is 6. The predicted molar refractivity (Wildman–Crippen MR) is 130 cm³/mol. The van der Waals surface area contributed by atoms with Crippen molar-refractivity contribution in [2.75, 3.05) is 13.2 Å². The van der Waals surface area contributed by atoms with Gasteiger partial charge in [0.25, 0.3) is 0 Å². The van der Waals surface area contributed by atoms with Crippen LogP contribution in [0.5, 0.6) is 0 Å².